The summed E-state index contributed by atoms with van der Waals surface area (Å²) in [5.41, 5.74) is 0.291. The Morgan fingerprint density at radius 1 is 1.00 bits per heavy atom. The lowest BCUT2D eigenvalue weighted by Gasteiger charge is -2.33. The minimum absolute atomic E-state index is 0.348. The van der Waals surface area contributed by atoms with Crippen molar-refractivity contribution < 1.29 is 22.5 Å². The van der Waals surface area contributed by atoms with Crippen molar-refractivity contribution in [2.45, 2.75) is 45.3 Å². The largest absolute Gasteiger partial charge is 0.494 e. The molecule has 0 aromatic heterocycles. The van der Waals surface area contributed by atoms with Crippen molar-refractivity contribution in [1.29, 1.82) is 0 Å². The third-order valence-electron chi connectivity index (χ3n) is 6.09. The highest BCUT2D eigenvalue weighted by Gasteiger charge is 2.51. The van der Waals surface area contributed by atoms with Crippen molar-refractivity contribution in [2.24, 2.45) is 0 Å². The molecule has 0 amide bonds. The van der Waals surface area contributed by atoms with Gasteiger partial charge in [0, 0.05) is 32.7 Å². The number of rotatable bonds is 7. The number of hydrogen-bond acceptors (Lipinski definition) is 6. The third kappa shape index (κ3) is 5.52. The molecule has 1 aromatic rings. The molecule has 2 aliphatic heterocycles. The molecule has 2 heterocycles. The van der Waals surface area contributed by atoms with Gasteiger partial charge in [0.15, 0.2) is 0 Å². The zero-order valence-corrected chi connectivity index (χ0v) is 19.0. The molecule has 0 bridgehead atoms. The van der Waals surface area contributed by atoms with E-state index in [0.717, 1.165) is 37.3 Å². The van der Waals surface area contributed by atoms with E-state index >= 15 is 0 Å². The monoisotopic (exact) mass is 424 g/mol. The Balaban J connectivity index is 1.39. The number of benzene rings is 1. The zero-order chi connectivity index (χ0) is 21.3. The predicted octanol–water partition coefficient (Wildman–Crippen LogP) is 1.33. The average Bonchev–Trinajstić information content (AvgIpc) is 2.86. The molecule has 7 nitrogen and oxygen atoms in total. The van der Waals surface area contributed by atoms with Gasteiger partial charge in [0.1, 0.15) is 5.75 Å². The van der Waals surface area contributed by atoms with Crippen molar-refractivity contribution >= 4 is 22.6 Å². The lowest BCUT2D eigenvalue weighted by atomic mass is 9.79. The summed E-state index contributed by atoms with van der Waals surface area (Å²) in [7, 11) is -3.43. The number of sulfonamides is 1. The van der Waals surface area contributed by atoms with E-state index < -0.39 is 10.0 Å². The van der Waals surface area contributed by atoms with Crippen LogP contribution >= 0.6 is 0 Å². The standard InChI is InChI=1S/C20H33BN2O5S/c1-19(2)20(3,4)28-21(27-19)17-7-9-18(10-8-17)26-16-6-11-22-12-14-23(15-13-22)29(5,24)25/h7-10H,6,11-16H2,1-5H3. The lowest BCUT2D eigenvalue weighted by Crippen LogP contribution is -2.48. The Bertz CT molecular complexity index is 774. The first-order valence-corrected chi connectivity index (χ1v) is 12.1. The van der Waals surface area contributed by atoms with Gasteiger partial charge in [0.2, 0.25) is 10.0 Å². The van der Waals surface area contributed by atoms with Crippen LogP contribution in [-0.2, 0) is 19.3 Å². The molecule has 9 heteroatoms. The molecular weight excluding hydrogens is 391 g/mol. The highest BCUT2D eigenvalue weighted by molar-refractivity contribution is 7.88. The molecule has 0 unspecified atom stereocenters. The highest BCUT2D eigenvalue weighted by Crippen LogP contribution is 2.36. The average molecular weight is 424 g/mol. The zero-order valence-electron chi connectivity index (χ0n) is 18.2. The molecule has 3 rings (SSSR count). The fourth-order valence-corrected chi connectivity index (χ4v) is 4.29. The van der Waals surface area contributed by atoms with Gasteiger partial charge in [-0.2, -0.15) is 4.31 Å². The van der Waals surface area contributed by atoms with Crippen molar-refractivity contribution in [2.75, 3.05) is 45.6 Å². The summed E-state index contributed by atoms with van der Waals surface area (Å²) < 4.78 is 42.7. The van der Waals surface area contributed by atoms with Crippen molar-refractivity contribution in [1.82, 2.24) is 9.21 Å². The molecule has 0 radical (unpaired) electrons. The van der Waals surface area contributed by atoms with Crippen LogP contribution in [0.1, 0.15) is 34.1 Å². The van der Waals surface area contributed by atoms with E-state index in [0.29, 0.717) is 19.7 Å². The molecule has 0 spiro atoms. The van der Waals surface area contributed by atoms with Crippen LogP contribution in [0.3, 0.4) is 0 Å². The quantitative estimate of drug-likeness (QED) is 0.486. The summed E-state index contributed by atoms with van der Waals surface area (Å²) in [6.45, 7) is 12.4. The van der Waals surface area contributed by atoms with Crippen LogP contribution < -0.4 is 10.2 Å². The van der Waals surface area contributed by atoms with Crippen molar-refractivity contribution in [3.63, 3.8) is 0 Å². The molecule has 0 N–H and O–H groups in total. The van der Waals surface area contributed by atoms with Gasteiger partial charge in [-0.25, -0.2) is 8.42 Å². The van der Waals surface area contributed by atoms with Gasteiger partial charge in [0.25, 0.3) is 0 Å². The molecular formula is C20H33BN2O5S. The minimum Gasteiger partial charge on any atom is -0.494 e. The number of hydrogen-bond donors (Lipinski definition) is 0. The van der Waals surface area contributed by atoms with Gasteiger partial charge in [-0.1, -0.05) is 12.1 Å². The Labute approximate surface area is 175 Å². The maximum Gasteiger partial charge on any atom is 0.494 e. The van der Waals surface area contributed by atoms with Crippen LogP contribution in [0.5, 0.6) is 5.75 Å². The van der Waals surface area contributed by atoms with Crippen molar-refractivity contribution in [3.8, 4) is 5.75 Å². The Morgan fingerprint density at radius 3 is 2.07 bits per heavy atom. The molecule has 2 saturated heterocycles. The van der Waals surface area contributed by atoms with Crippen molar-refractivity contribution in [3.05, 3.63) is 24.3 Å². The van der Waals surface area contributed by atoms with Crippen LogP contribution in [0, 0.1) is 0 Å². The van der Waals surface area contributed by atoms with E-state index in [1.54, 1.807) is 4.31 Å². The number of ether oxygens (including phenoxy) is 1. The molecule has 1 aromatic carbocycles. The van der Waals surface area contributed by atoms with Crippen LogP contribution in [-0.4, -0.2) is 81.5 Å². The van der Waals surface area contributed by atoms with Crippen LogP contribution in [0.25, 0.3) is 0 Å². The summed E-state index contributed by atoms with van der Waals surface area (Å²) in [4.78, 5) is 2.28. The van der Waals surface area contributed by atoms with E-state index in [4.69, 9.17) is 14.0 Å². The van der Waals surface area contributed by atoms with Gasteiger partial charge in [-0.3, -0.25) is 0 Å². The maximum absolute atomic E-state index is 11.6. The second-order valence-corrected chi connectivity index (χ2v) is 10.8. The molecule has 2 fully saturated rings. The lowest BCUT2D eigenvalue weighted by molar-refractivity contribution is 0.00578. The molecule has 0 atom stereocenters. The topological polar surface area (TPSA) is 68.3 Å². The van der Waals surface area contributed by atoms with Gasteiger partial charge in [-0.05, 0) is 51.7 Å². The minimum atomic E-state index is -3.07. The molecule has 162 valence electrons. The van der Waals surface area contributed by atoms with Crippen LogP contribution in [0.15, 0.2) is 24.3 Å². The maximum atomic E-state index is 11.6. The van der Waals surface area contributed by atoms with E-state index in [-0.39, 0.29) is 18.3 Å². The summed E-state index contributed by atoms with van der Waals surface area (Å²) in [5, 5.41) is 0. The van der Waals surface area contributed by atoms with Gasteiger partial charge in [-0.15, -0.1) is 0 Å². The normalized spacial score (nSPS) is 22.7. The second kappa shape index (κ2) is 8.55. The van der Waals surface area contributed by atoms with Gasteiger partial charge < -0.3 is 18.9 Å². The Hall–Kier alpha value is -1.13. The Morgan fingerprint density at radius 2 is 1.55 bits per heavy atom. The number of nitrogens with zero attached hydrogens (tertiary/aromatic N) is 2. The van der Waals surface area contributed by atoms with Gasteiger partial charge >= 0.3 is 7.12 Å². The summed E-state index contributed by atoms with van der Waals surface area (Å²) in [5.74, 6) is 0.826. The molecule has 29 heavy (non-hydrogen) atoms. The van der Waals surface area contributed by atoms with E-state index in [1.807, 2.05) is 52.0 Å². The fourth-order valence-electron chi connectivity index (χ4n) is 3.46. The molecule has 0 aliphatic carbocycles. The highest BCUT2D eigenvalue weighted by atomic mass is 32.2. The first-order chi connectivity index (χ1) is 13.5. The Kier molecular flexibility index (Phi) is 6.65. The summed E-state index contributed by atoms with van der Waals surface area (Å²) in [6.07, 6.45) is 2.17. The third-order valence-corrected chi connectivity index (χ3v) is 7.40. The summed E-state index contributed by atoms with van der Waals surface area (Å²) in [6, 6.07) is 7.88. The van der Waals surface area contributed by atoms with E-state index in [2.05, 4.69) is 4.90 Å². The first kappa shape index (κ1) is 22.6. The van der Waals surface area contributed by atoms with E-state index in [9.17, 15) is 8.42 Å². The first-order valence-electron chi connectivity index (χ1n) is 10.2. The molecule has 0 saturated carbocycles. The summed E-state index contributed by atoms with van der Waals surface area (Å²) >= 11 is 0. The number of piperazine rings is 1. The SMILES string of the molecule is CC1(C)OB(c2ccc(OCCCN3CCN(S(C)(=O)=O)CC3)cc2)OC1(C)C. The smallest absolute Gasteiger partial charge is 0.494 e. The van der Waals surface area contributed by atoms with Gasteiger partial charge in [0.05, 0.1) is 24.1 Å². The second-order valence-electron chi connectivity index (χ2n) is 8.86. The fraction of sp³-hybridized carbons (Fsp3) is 0.700. The molecule has 2 aliphatic rings. The van der Waals surface area contributed by atoms with Crippen LogP contribution in [0.2, 0.25) is 0 Å². The van der Waals surface area contributed by atoms with Crippen LogP contribution in [0.4, 0.5) is 0 Å². The van der Waals surface area contributed by atoms with E-state index in [1.165, 1.54) is 6.26 Å². The predicted molar refractivity (Wildman–Crippen MR) is 115 cm³/mol.